The number of imidazole rings is 1. The second kappa shape index (κ2) is 3.41. The van der Waals surface area contributed by atoms with Crippen molar-refractivity contribution in [3.63, 3.8) is 0 Å². The van der Waals surface area contributed by atoms with E-state index in [0.29, 0.717) is 10.3 Å². The molecule has 3 nitrogen and oxygen atoms in total. The molecule has 0 unspecified atom stereocenters. The van der Waals surface area contributed by atoms with E-state index in [4.69, 9.17) is 23.2 Å². The molecule has 0 aliphatic heterocycles. The van der Waals surface area contributed by atoms with Crippen molar-refractivity contribution in [1.29, 1.82) is 0 Å². The smallest absolute Gasteiger partial charge is 0.156 e. The molecular weight excluding hydrogens is 221 g/mol. The number of H-pyrrole nitrogens is 1. The Kier molecular flexibility index (Phi) is 2.37. The predicted octanol–water partition coefficient (Wildman–Crippen LogP) is 3.39. The van der Waals surface area contributed by atoms with E-state index >= 15 is 0 Å². The molecule has 0 fully saturated rings. The lowest BCUT2D eigenvalue weighted by molar-refractivity contribution is 0.866. The molecule has 74 valence electrons. The van der Waals surface area contributed by atoms with Gasteiger partial charge in [-0.2, -0.15) is 0 Å². The molecule has 0 spiro atoms. The van der Waals surface area contributed by atoms with Crippen molar-refractivity contribution in [2.45, 2.75) is 19.8 Å². The van der Waals surface area contributed by atoms with Crippen LogP contribution in [0.1, 0.15) is 25.3 Å². The number of pyridine rings is 1. The lowest BCUT2D eigenvalue weighted by Crippen LogP contribution is -1.94. The molecule has 2 aromatic rings. The maximum atomic E-state index is 6.01. The number of nitrogens with zero attached hydrogens (tertiary/aromatic N) is 2. The van der Waals surface area contributed by atoms with Crippen LogP contribution < -0.4 is 0 Å². The van der Waals surface area contributed by atoms with Crippen molar-refractivity contribution in [1.82, 2.24) is 15.0 Å². The second-order valence-corrected chi connectivity index (χ2v) is 4.10. The van der Waals surface area contributed by atoms with Gasteiger partial charge in [-0.15, -0.1) is 0 Å². The van der Waals surface area contributed by atoms with Crippen LogP contribution in [0.5, 0.6) is 0 Å². The summed E-state index contributed by atoms with van der Waals surface area (Å²) in [7, 11) is 0. The lowest BCUT2D eigenvalue weighted by atomic mass is 10.0. The topological polar surface area (TPSA) is 41.6 Å². The highest BCUT2D eigenvalue weighted by Gasteiger charge is 2.15. The van der Waals surface area contributed by atoms with E-state index in [-0.39, 0.29) is 5.92 Å². The summed E-state index contributed by atoms with van der Waals surface area (Å²) in [6.45, 7) is 4.09. The van der Waals surface area contributed by atoms with Gasteiger partial charge in [0.1, 0.15) is 10.7 Å². The first-order valence-electron chi connectivity index (χ1n) is 4.29. The molecule has 0 saturated heterocycles. The molecule has 2 heterocycles. The van der Waals surface area contributed by atoms with Crippen molar-refractivity contribution < 1.29 is 0 Å². The van der Waals surface area contributed by atoms with Gasteiger partial charge in [0, 0.05) is 5.56 Å². The fourth-order valence-electron chi connectivity index (χ4n) is 1.47. The molecule has 0 amide bonds. The van der Waals surface area contributed by atoms with E-state index in [0.717, 1.165) is 16.6 Å². The number of aromatic nitrogens is 3. The molecule has 2 aromatic heterocycles. The Bertz CT molecular complexity index is 476. The Morgan fingerprint density at radius 1 is 1.29 bits per heavy atom. The Labute approximate surface area is 91.5 Å². The molecule has 0 bridgehead atoms. The van der Waals surface area contributed by atoms with Gasteiger partial charge in [-0.1, -0.05) is 37.0 Å². The summed E-state index contributed by atoms with van der Waals surface area (Å²) in [4.78, 5) is 11.2. The van der Waals surface area contributed by atoms with Crippen molar-refractivity contribution in [3.8, 4) is 0 Å². The van der Waals surface area contributed by atoms with Crippen molar-refractivity contribution in [3.05, 3.63) is 22.2 Å². The SMILES string of the molecule is CC(C)c1c(Cl)nc(Cl)c2[nH]cnc12. The summed E-state index contributed by atoms with van der Waals surface area (Å²) in [5, 5.41) is 0.802. The average molecular weight is 230 g/mol. The third-order valence-electron chi connectivity index (χ3n) is 2.10. The fourth-order valence-corrected chi connectivity index (χ4v) is 2.13. The van der Waals surface area contributed by atoms with Gasteiger partial charge < -0.3 is 4.98 Å². The highest BCUT2D eigenvalue weighted by atomic mass is 35.5. The van der Waals surface area contributed by atoms with Crippen molar-refractivity contribution in [2.24, 2.45) is 0 Å². The molecule has 0 radical (unpaired) electrons. The molecular formula is C9H9Cl2N3. The van der Waals surface area contributed by atoms with Crippen molar-refractivity contribution >= 4 is 34.2 Å². The highest BCUT2D eigenvalue weighted by Crippen LogP contribution is 2.31. The number of halogens is 2. The molecule has 14 heavy (non-hydrogen) atoms. The molecule has 0 aromatic carbocycles. The monoisotopic (exact) mass is 229 g/mol. The van der Waals surface area contributed by atoms with Gasteiger partial charge in [0.25, 0.3) is 0 Å². The molecule has 2 rings (SSSR count). The standard InChI is InChI=1S/C9H9Cl2N3/c1-4(2)5-6-7(13-3-12-6)9(11)14-8(5)10/h3-4H,1-2H3,(H,12,13). The summed E-state index contributed by atoms with van der Waals surface area (Å²) in [6.07, 6.45) is 1.60. The van der Waals surface area contributed by atoms with Crippen LogP contribution in [-0.4, -0.2) is 15.0 Å². The van der Waals surface area contributed by atoms with Gasteiger partial charge in [0.15, 0.2) is 5.15 Å². The van der Waals surface area contributed by atoms with Gasteiger partial charge in [0.05, 0.1) is 11.8 Å². The number of rotatable bonds is 1. The largest absolute Gasteiger partial charge is 0.342 e. The molecule has 0 aliphatic carbocycles. The van der Waals surface area contributed by atoms with Crippen LogP contribution in [0, 0.1) is 0 Å². The van der Waals surface area contributed by atoms with Crippen LogP contribution in [0.3, 0.4) is 0 Å². The molecule has 1 N–H and O–H groups in total. The molecule has 0 atom stereocenters. The fraction of sp³-hybridized carbons (Fsp3) is 0.333. The van der Waals surface area contributed by atoms with Gasteiger partial charge in [0.2, 0.25) is 0 Å². The summed E-state index contributed by atoms with van der Waals surface area (Å²) in [5.74, 6) is 0.276. The summed E-state index contributed by atoms with van der Waals surface area (Å²) < 4.78 is 0. The zero-order chi connectivity index (χ0) is 10.3. The minimum absolute atomic E-state index is 0.276. The van der Waals surface area contributed by atoms with Crippen LogP contribution in [0.4, 0.5) is 0 Å². The summed E-state index contributed by atoms with van der Waals surface area (Å²) in [5.41, 5.74) is 2.50. The molecule has 0 saturated carbocycles. The Balaban J connectivity index is 2.86. The zero-order valence-electron chi connectivity index (χ0n) is 7.81. The number of hydrogen-bond acceptors (Lipinski definition) is 2. The first-order valence-corrected chi connectivity index (χ1v) is 5.04. The minimum atomic E-state index is 0.276. The molecule has 5 heteroatoms. The average Bonchev–Trinajstić information content (AvgIpc) is 2.51. The van der Waals surface area contributed by atoms with E-state index in [1.54, 1.807) is 6.33 Å². The van der Waals surface area contributed by atoms with Crippen molar-refractivity contribution in [2.75, 3.05) is 0 Å². The normalized spacial score (nSPS) is 11.5. The van der Waals surface area contributed by atoms with E-state index < -0.39 is 0 Å². The summed E-state index contributed by atoms with van der Waals surface area (Å²) >= 11 is 11.9. The van der Waals surface area contributed by atoms with Gasteiger partial charge >= 0.3 is 0 Å². The number of fused-ring (bicyclic) bond motifs is 1. The second-order valence-electron chi connectivity index (χ2n) is 3.39. The lowest BCUT2D eigenvalue weighted by Gasteiger charge is -2.08. The zero-order valence-corrected chi connectivity index (χ0v) is 9.32. The van der Waals surface area contributed by atoms with Crippen LogP contribution >= 0.6 is 23.2 Å². The predicted molar refractivity (Wildman–Crippen MR) is 58.0 cm³/mol. The molecule has 0 aliphatic rings. The van der Waals surface area contributed by atoms with Gasteiger partial charge in [-0.25, -0.2) is 9.97 Å². The van der Waals surface area contributed by atoms with Gasteiger partial charge in [-0.05, 0) is 5.92 Å². The Morgan fingerprint density at radius 3 is 2.64 bits per heavy atom. The number of aromatic amines is 1. The third kappa shape index (κ3) is 1.37. The minimum Gasteiger partial charge on any atom is -0.342 e. The Morgan fingerprint density at radius 2 is 2.00 bits per heavy atom. The Hall–Kier alpha value is -0.800. The third-order valence-corrected chi connectivity index (χ3v) is 2.66. The van der Waals surface area contributed by atoms with Crippen LogP contribution in [0.2, 0.25) is 10.3 Å². The maximum Gasteiger partial charge on any atom is 0.156 e. The van der Waals surface area contributed by atoms with E-state index in [1.807, 2.05) is 13.8 Å². The maximum absolute atomic E-state index is 6.01. The van der Waals surface area contributed by atoms with E-state index in [2.05, 4.69) is 15.0 Å². The van der Waals surface area contributed by atoms with E-state index in [9.17, 15) is 0 Å². The summed E-state index contributed by atoms with van der Waals surface area (Å²) in [6, 6.07) is 0. The highest BCUT2D eigenvalue weighted by molar-refractivity contribution is 6.36. The van der Waals surface area contributed by atoms with Crippen LogP contribution in [0.15, 0.2) is 6.33 Å². The van der Waals surface area contributed by atoms with E-state index in [1.165, 1.54) is 0 Å². The quantitative estimate of drug-likeness (QED) is 0.763. The van der Waals surface area contributed by atoms with Crippen LogP contribution in [0.25, 0.3) is 11.0 Å². The number of hydrogen-bond donors (Lipinski definition) is 1. The van der Waals surface area contributed by atoms with Crippen LogP contribution in [-0.2, 0) is 0 Å². The number of nitrogens with one attached hydrogen (secondary N) is 1. The van der Waals surface area contributed by atoms with Gasteiger partial charge in [-0.3, -0.25) is 0 Å². The first kappa shape index (κ1) is 9.74. The first-order chi connectivity index (χ1) is 6.61.